The minimum atomic E-state index is -0.758. The van der Waals surface area contributed by atoms with Gasteiger partial charge in [0.05, 0.1) is 29.7 Å². The monoisotopic (exact) mass is 346 g/mol. The van der Waals surface area contributed by atoms with Crippen LogP contribution in [0.4, 0.5) is 10.1 Å². The Balaban J connectivity index is 1.61. The van der Waals surface area contributed by atoms with Crippen molar-refractivity contribution in [2.45, 2.75) is 38.8 Å². The SMILES string of the molecule is Cc1n[nH]c(C)c1NC(=O)CN(C[C@H](O)c1ccc(F)cc1)C1CC1. The highest BCUT2D eigenvalue weighted by molar-refractivity contribution is 5.93. The fourth-order valence-electron chi connectivity index (χ4n) is 2.89. The summed E-state index contributed by atoms with van der Waals surface area (Å²) in [7, 11) is 0. The normalized spacial score (nSPS) is 15.4. The standard InChI is InChI=1S/C18H23FN4O2/c1-11-18(12(2)22-21-11)20-17(25)10-23(15-7-8-15)9-16(24)13-3-5-14(19)6-4-13/h3-6,15-16,24H,7-10H2,1-2H3,(H,20,25)(H,21,22)/t16-/m0/s1. The van der Waals surface area contributed by atoms with E-state index in [0.717, 1.165) is 24.2 Å². The largest absolute Gasteiger partial charge is 0.387 e. The number of hydrogen-bond acceptors (Lipinski definition) is 4. The smallest absolute Gasteiger partial charge is 0.238 e. The van der Waals surface area contributed by atoms with Gasteiger partial charge in [0.2, 0.25) is 5.91 Å². The lowest BCUT2D eigenvalue weighted by Crippen LogP contribution is -2.37. The molecule has 1 fully saturated rings. The Morgan fingerprint density at radius 2 is 2.08 bits per heavy atom. The molecule has 134 valence electrons. The molecule has 1 aromatic heterocycles. The first kappa shape index (κ1) is 17.6. The molecule has 1 amide bonds. The number of halogens is 1. The van der Waals surface area contributed by atoms with Crippen molar-refractivity contribution in [2.75, 3.05) is 18.4 Å². The molecule has 0 bridgehead atoms. The zero-order chi connectivity index (χ0) is 18.0. The second-order valence-electron chi connectivity index (χ2n) is 6.59. The summed E-state index contributed by atoms with van der Waals surface area (Å²) in [5, 5.41) is 20.2. The summed E-state index contributed by atoms with van der Waals surface area (Å²) >= 11 is 0. The van der Waals surface area contributed by atoms with Gasteiger partial charge in [-0.3, -0.25) is 14.8 Å². The molecule has 1 aliphatic rings. The Morgan fingerprint density at radius 3 is 2.64 bits per heavy atom. The maximum absolute atomic E-state index is 13.0. The van der Waals surface area contributed by atoms with Gasteiger partial charge in [0.1, 0.15) is 5.82 Å². The number of amides is 1. The molecule has 6 nitrogen and oxygen atoms in total. The number of carbonyl (C=O) groups excluding carboxylic acids is 1. The lowest BCUT2D eigenvalue weighted by Gasteiger charge is -2.24. The van der Waals surface area contributed by atoms with E-state index in [0.29, 0.717) is 23.8 Å². The van der Waals surface area contributed by atoms with Crippen LogP contribution in [0, 0.1) is 19.7 Å². The number of H-pyrrole nitrogens is 1. The molecule has 0 unspecified atom stereocenters. The molecule has 0 radical (unpaired) electrons. The highest BCUT2D eigenvalue weighted by atomic mass is 19.1. The van der Waals surface area contributed by atoms with Gasteiger partial charge >= 0.3 is 0 Å². The summed E-state index contributed by atoms with van der Waals surface area (Å²) in [6.07, 6.45) is 1.28. The van der Waals surface area contributed by atoms with Gasteiger partial charge < -0.3 is 10.4 Å². The van der Waals surface area contributed by atoms with Gasteiger partial charge in [0, 0.05) is 12.6 Å². The van der Waals surface area contributed by atoms with E-state index in [4.69, 9.17) is 0 Å². The molecule has 7 heteroatoms. The van der Waals surface area contributed by atoms with Crippen molar-refractivity contribution >= 4 is 11.6 Å². The van der Waals surface area contributed by atoms with Gasteiger partial charge in [-0.1, -0.05) is 12.1 Å². The third-order valence-corrected chi connectivity index (χ3v) is 4.46. The molecule has 2 aromatic rings. The van der Waals surface area contributed by atoms with Crippen LogP contribution in [-0.4, -0.2) is 45.2 Å². The predicted octanol–water partition coefficient (Wildman–Crippen LogP) is 2.30. The highest BCUT2D eigenvalue weighted by Gasteiger charge is 2.32. The number of anilines is 1. The van der Waals surface area contributed by atoms with Crippen molar-refractivity contribution in [1.29, 1.82) is 0 Å². The molecule has 0 spiro atoms. The van der Waals surface area contributed by atoms with Crippen LogP contribution in [0.5, 0.6) is 0 Å². The summed E-state index contributed by atoms with van der Waals surface area (Å²) < 4.78 is 13.0. The third-order valence-electron chi connectivity index (χ3n) is 4.46. The van der Waals surface area contributed by atoms with E-state index in [1.54, 1.807) is 12.1 Å². The Hall–Kier alpha value is -2.25. The number of aromatic amines is 1. The number of rotatable bonds is 7. The first-order chi connectivity index (χ1) is 11.9. The quantitative estimate of drug-likeness (QED) is 0.719. The molecule has 1 aromatic carbocycles. The average Bonchev–Trinajstić information content (AvgIpc) is 3.37. The van der Waals surface area contributed by atoms with E-state index >= 15 is 0 Å². The number of carbonyl (C=O) groups is 1. The zero-order valence-corrected chi connectivity index (χ0v) is 14.4. The Labute approximate surface area is 146 Å². The summed E-state index contributed by atoms with van der Waals surface area (Å²) in [4.78, 5) is 14.4. The van der Waals surface area contributed by atoms with Crippen molar-refractivity contribution < 1.29 is 14.3 Å². The van der Waals surface area contributed by atoms with Crippen LogP contribution in [0.3, 0.4) is 0 Å². The second kappa shape index (κ2) is 7.33. The Kier molecular flexibility index (Phi) is 5.15. The molecule has 0 saturated heterocycles. The van der Waals surface area contributed by atoms with Crippen molar-refractivity contribution in [3.05, 3.63) is 47.0 Å². The molecule has 1 atom stereocenters. The van der Waals surface area contributed by atoms with Gasteiger partial charge in [-0.05, 0) is 44.4 Å². The lowest BCUT2D eigenvalue weighted by atomic mass is 10.1. The maximum Gasteiger partial charge on any atom is 0.238 e. The number of aryl methyl sites for hydroxylation is 2. The molecule has 0 aliphatic heterocycles. The average molecular weight is 346 g/mol. The molecular formula is C18H23FN4O2. The molecule has 3 N–H and O–H groups in total. The van der Waals surface area contributed by atoms with Crippen LogP contribution in [0.15, 0.2) is 24.3 Å². The van der Waals surface area contributed by atoms with Gasteiger partial charge in [-0.2, -0.15) is 5.10 Å². The van der Waals surface area contributed by atoms with Crippen molar-refractivity contribution in [3.8, 4) is 0 Å². The van der Waals surface area contributed by atoms with Crippen molar-refractivity contribution in [2.24, 2.45) is 0 Å². The summed E-state index contributed by atoms with van der Waals surface area (Å²) in [5.74, 6) is -0.467. The van der Waals surface area contributed by atoms with Crippen LogP contribution in [0.2, 0.25) is 0 Å². The number of aliphatic hydroxyl groups is 1. The van der Waals surface area contributed by atoms with E-state index in [1.807, 2.05) is 18.7 Å². The summed E-state index contributed by atoms with van der Waals surface area (Å²) in [6, 6.07) is 6.12. The van der Waals surface area contributed by atoms with Crippen molar-refractivity contribution in [1.82, 2.24) is 15.1 Å². The van der Waals surface area contributed by atoms with Crippen LogP contribution in [-0.2, 0) is 4.79 Å². The number of benzene rings is 1. The zero-order valence-electron chi connectivity index (χ0n) is 14.4. The topological polar surface area (TPSA) is 81.2 Å². The second-order valence-corrected chi connectivity index (χ2v) is 6.59. The minimum Gasteiger partial charge on any atom is -0.387 e. The third kappa shape index (κ3) is 4.43. The van der Waals surface area contributed by atoms with E-state index in [1.165, 1.54) is 12.1 Å². The molecular weight excluding hydrogens is 323 g/mol. The Bertz CT molecular complexity index is 721. The first-order valence-corrected chi connectivity index (χ1v) is 8.43. The summed E-state index contributed by atoms with van der Waals surface area (Å²) in [6.45, 7) is 4.22. The molecule has 25 heavy (non-hydrogen) atoms. The van der Waals surface area contributed by atoms with E-state index < -0.39 is 6.10 Å². The fraction of sp³-hybridized carbons (Fsp3) is 0.444. The number of aliphatic hydroxyl groups excluding tert-OH is 1. The number of nitrogens with zero attached hydrogens (tertiary/aromatic N) is 2. The van der Waals surface area contributed by atoms with Crippen LogP contribution in [0.25, 0.3) is 0 Å². The minimum absolute atomic E-state index is 0.134. The van der Waals surface area contributed by atoms with Gasteiger partial charge in [-0.15, -0.1) is 0 Å². The number of aromatic nitrogens is 2. The number of hydrogen-bond donors (Lipinski definition) is 3. The predicted molar refractivity (Wildman–Crippen MR) is 92.6 cm³/mol. The Morgan fingerprint density at radius 1 is 1.40 bits per heavy atom. The van der Waals surface area contributed by atoms with Gasteiger partial charge in [0.15, 0.2) is 0 Å². The molecule has 3 rings (SSSR count). The van der Waals surface area contributed by atoms with Crippen LogP contribution >= 0.6 is 0 Å². The first-order valence-electron chi connectivity index (χ1n) is 8.43. The van der Waals surface area contributed by atoms with Gasteiger partial charge in [-0.25, -0.2) is 4.39 Å². The molecule has 1 heterocycles. The van der Waals surface area contributed by atoms with Gasteiger partial charge in [0.25, 0.3) is 0 Å². The maximum atomic E-state index is 13.0. The van der Waals surface area contributed by atoms with Crippen LogP contribution in [0.1, 0.15) is 35.9 Å². The summed E-state index contributed by atoms with van der Waals surface area (Å²) in [5.41, 5.74) is 2.92. The van der Waals surface area contributed by atoms with E-state index in [-0.39, 0.29) is 18.3 Å². The van der Waals surface area contributed by atoms with E-state index in [2.05, 4.69) is 15.5 Å². The lowest BCUT2D eigenvalue weighted by molar-refractivity contribution is -0.117. The number of nitrogens with one attached hydrogen (secondary N) is 2. The fourth-order valence-corrected chi connectivity index (χ4v) is 2.89. The highest BCUT2D eigenvalue weighted by Crippen LogP contribution is 2.29. The van der Waals surface area contributed by atoms with E-state index in [9.17, 15) is 14.3 Å². The van der Waals surface area contributed by atoms with Crippen LogP contribution < -0.4 is 5.32 Å². The molecule has 1 saturated carbocycles. The molecule has 1 aliphatic carbocycles. The van der Waals surface area contributed by atoms with Crippen molar-refractivity contribution in [3.63, 3.8) is 0 Å².